The van der Waals surface area contributed by atoms with Crippen LogP contribution in [0.4, 0.5) is 0 Å². The number of nitrogens with zero attached hydrogens (tertiary/aromatic N) is 2. The minimum atomic E-state index is -0.497. The van der Waals surface area contributed by atoms with Gasteiger partial charge in [-0.25, -0.2) is 4.98 Å². The fraction of sp³-hybridized carbons (Fsp3) is 0.148. The molecule has 0 aliphatic rings. The summed E-state index contributed by atoms with van der Waals surface area (Å²) in [6, 6.07) is 21.5. The van der Waals surface area contributed by atoms with Crippen molar-refractivity contribution in [2.75, 3.05) is 0 Å². The van der Waals surface area contributed by atoms with E-state index in [1.165, 1.54) is 0 Å². The van der Waals surface area contributed by atoms with Crippen molar-refractivity contribution < 1.29 is 9.22 Å². The second-order valence-corrected chi connectivity index (χ2v) is 8.56. The summed E-state index contributed by atoms with van der Waals surface area (Å²) in [5.74, 6) is 0.402. The highest BCUT2D eigenvalue weighted by molar-refractivity contribution is 6.10. The Balaban J connectivity index is 1.90. The maximum Gasteiger partial charge on any atom is 0.137 e. The number of fused-ring (bicyclic) bond motifs is 3. The van der Waals surface area contributed by atoms with Crippen molar-refractivity contribution in [3.05, 3.63) is 90.6 Å². The molecular formula is C27H24N2O. The van der Waals surface area contributed by atoms with Crippen molar-refractivity contribution >= 4 is 21.8 Å². The Kier molecular flexibility index (Phi) is 3.43. The maximum absolute atomic E-state index is 10.3. The first-order valence-electron chi connectivity index (χ1n) is 11.5. The van der Waals surface area contributed by atoms with Crippen LogP contribution in [-0.4, -0.2) is 14.7 Å². The average molecular weight is 396 g/mol. The van der Waals surface area contributed by atoms with Crippen LogP contribution in [0.25, 0.3) is 38.8 Å². The van der Waals surface area contributed by atoms with Gasteiger partial charge in [-0.05, 0) is 58.5 Å². The van der Waals surface area contributed by atoms with E-state index in [4.69, 9.17) is 4.11 Å². The lowest BCUT2D eigenvalue weighted by Crippen LogP contribution is -2.12. The van der Waals surface area contributed by atoms with Gasteiger partial charge in [0.05, 0.1) is 15.1 Å². The monoisotopic (exact) mass is 395 g/mol. The third-order valence-electron chi connectivity index (χ3n) is 5.40. The lowest BCUT2D eigenvalue weighted by molar-refractivity contribution is 0.476. The number of phenols is 1. The lowest BCUT2D eigenvalue weighted by Gasteiger charge is -2.20. The number of rotatable bonds is 2. The normalized spacial score (nSPS) is 13.4. The van der Waals surface area contributed by atoms with Crippen LogP contribution in [0, 0.1) is 0 Å². The number of phenolic OH excluding ortho intramolecular Hbond substituents is 1. The van der Waals surface area contributed by atoms with E-state index in [1.54, 1.807) is 12.1 Å². The molecule has 0 unspecified atom stereocenters. The minimum Gasteiger partial charge on any atom is -0.508 e. The van der Waals surface area contributed by atoms with E-state index in [-0.39, 0.29) is 24.0 Å². The minimum absolute atomic E-state index is 0.0220. The second-order valence-electron chi connectivity index (χ2n) is 8.56. The Morgan fingerprint density at radius 2 is 1.67 bits per heavy atom. The molecule has 0 amide bonds. The molecule has 1 N–H and O–H groups in total. The van der Waals surface area contributed by atoms with Crippen molar-refractivity contribution in [3.8, 4) is 22.7 Å². The van der Waals surface area contributed by atoms with Crippen molar-refractivity contribution in [2.24, 2.45) is 0 Å². The van der Waals surface area contributed by atoms with Crippen LogP contribution in [-0.2, 0) is 5.41 Å². The number of aromatic hydroxyl groups is 1. The molecular weight excluding hydrogens is 368 g/mol. The fourth-order valence-electron chi connectivity index (χ4n) is 3.84. The van der Waals surface area contributed by atoms with Crippen LogP contribution in [0.3, 0.4) is 0 Å². The molecule has 0 radical (unpaired) electrons. The average Bonchev–Trinajstić information content (AvgIpc) is 3.08. The zero-order valence-electron chi connectivity index (χ0n) is 20.2. The molecule has 30 heavy (non-hydrogen) atoms. The van der Waals surface area contributed by atoms with Crippen molar-refractivity contribution in [1.82, 2.24) is 9.55 Å². The zero-order valence-corrected chi connectivity index (χ0v) is 17.2. The Morgan fingerprint density at radius 1 is 0.867 bits per heavy atom. The first-order chi connectivity index (χ1) is 15.7. The van der Waals surface area contributed by atoms with Crippen LogP contribution < -0.4 is 0 Å². The van der Waals surface area contributed by atoms with Gasteiger partial charge in [0, 0.05) is 23.0 Å². The van der Waals surface area contributed by atoms with Gasteiger partial charge < -0.3 is 5.11 Å². The summed E-state index contributed by atoms with van der Waals surface area (Å²) in [4.78, 5) is 4.37. The number of benzene rings is 3. The molecule has 0 saturated heterocycles. The molecule has 0 saturated carbocycles. The van der Waals surface area contributed by atoms with E-state index in [1.807, 2.05) is 61.7 Å². The Morgan fingerprint density at radius 3 is 2.43 bits per heavy atom. The van der Waals surface area contributed by atoms with Gasteiger partial charge in [0.2, 0.25) is 0 Å². The Hall–Kier alpha value is -3.59. The van der Waals surface area contributed by atoms with E-state index in [0.717, 1.165) is 27.4 Å². The Bertz CT molecular complexity index is 1530. The Labute approximate surface area is 180 Å². The molecule has 148 valence electrons. The summed E-state index contributed by atoms with van der Waals surface area (Å²) >= 11 is 0. The molecule has 0 aliphatic carbocycles. The molecule has 0 atom stereocenters. The van der Waals surface area contributed by atoms with Gasteiger partial charge in [-0.3, -0.25) is 4.57 Å². The number of pyridine rings is 1. The van der Waals surface area contributed by atoms with Gasteiger partial charge >= 0.3 is 0 Å². The summed E-state index contributed by atoms with van der Waals surface area (Å²) in [5, 5.41) is 12.1. The first-order valence-corrected chi connectivity index (χ1v) is 9.98. The van der Waals surface area contributed by atoms with Gasteiger partial charge in [-0.1, -0.05) is 57.2 Å². The van der Waals surface area contributed by atoms with Gasteiger partial charge in [0.1, 0.15) is 11.6 Å². The third kappa shape index (κ3) is 3.03. The van der Waals surface area contributed by atoms with E-state index >= 15 is 0 Å². The molecule has 0 bridgehead atoms. The molecule has 3 heteroatoms. The molecule has 2 heterocycles. The summed E-state index contributed by atoms with van der Waals surface area (Å²) in [5.41, 5.74) is 3.67. The van der Waals surface area contributed by atoms with Gasteiger partial charge in [0.25, 0.3) is 0 Å². The summed E-state index contributed by atoms with van der Waals surface area (Å²) in [7, 11) is 0. The lowest BCUT2D eigenvalue weighted by atomic mass is 9.88. The molecule has 3 nitrogen and oxygen atoms in total. The van der Waals surface area contributed by atoms with E-state index in [9.17, 15) is 5.11 Å². The number of hydrogen-bond acceptors (Lipinski definition) is 2. The van der Waals surface area contributed by atoms with Crippen LogP contribution in [0.2, 0.25) is 0 Å². The molecule has 3 aromatic carbocycles. The number of aromatic nitrogens is 2. The van der Waals surface area contributed by atoms with Crippen LogP contribution in [0.15, 0.2) is 85.0 Å². The highest BCUT2D eigenvalue weighted by Crippen LogP contribution is 2.36. The van der Waals surface area contributed by atoms with E-state index < -0.39 is 5.41 Å². The van der Waals surface area contributed by atoms with Crippen molar-refractivity contribution in [1.29, 1.82) is 0 Å². The van der Waals surface area contributed by atoms with Crippen molar-refractivity contribution in [2.45, 2.75) is 26.2 Å². The predicted molar refractivity (Wildman–Crippen MR) is 124 cm³/mol. The SMILES string of the molecule is [2H]c1nc(-n2c3ccc(-c4ccccc4)cc3c3ccc(O)cc32)c([2H])c(C(C)(C)C)c1[2H]. The molecule has 2 aromatic heterocycles. The molecule has 5 aromatic rings. The largest absolute Gasteiger partial charge is 0.508 e. The molecule has 0 spiro atoms. The van der Waals surface area contributed by atoms with Crippen molar-refractivity contribution in [3.63, 3.8) is 0 Å². The molecule has 5 rings (SSSR count). The van der Waals surface area contributed by atoms with E-state index in [0.29, 0.717) is 16.9 Å². The topological polar surface area (TPSA) is 38.0 Å². The quantitative estimate of drug-likeness (QED) is 0.355. The van der Waals surface area contributed by atoms with Gasteiger partial charge in [0.15, 0.2) is 0 Å². The molecule has 0 fully saturated rings. The smallest absolute Gasteiger partial charge is 0.137 e. The second kappa shape index (κ2) is 6.74. The number of hydrogen-bond donors (Lipinski definition) is 1. The van der Waals surface area contributed by atoms with Crippen LogP contribution in [0.5, 0.6) is 5.75 Å². The van der Waals surface area contributed by atoms with E-state index in [2.05, 4.69) is 23.2 Å². The third-order valence-corrected chi connectivity index (χ3v) is 5.40. The summed E-state index contributed by atoms with van der Waals surface area (Å²) in [6.07, 6.45) is -0.165. The fourth-order valence-corrected chi connectivity index (χ4v) is 3.84. The standard InChI is InChI=1S/C27H24N2O/c1-27(2,3)20-13-14-28-26(16-20)29-24-12-9-19(18-7-5-4-6-8-18)15-23(24)22-11-10-21(30)17-25(22)29/h4-17,30H,1-3H3/i13D,14D,16D. The highest BCUT2D eigenvalue weighted by Gasteiger charge is 2.18. The highest BCUT2D eigenvalue weighted by atomic mass is 16.3. The first kappa shape index (κ1) is 15.3. The molecule has 0 aliphatic heterocycles. The van der Waals surface area contributed by atoms with Crippen LogP contribution in [0.1, 0.15) is 30.4 Å². The van der Waals surface area contributed by atoms with Gasteiger partial charge in [-0.2, -0.15) is 0 Å². The van der Waals surface area contributed by atoms with Crippen LogP contribution >= 0.6 is 0 Å². The predicted octanol–water partition coefficient (Wildman–Crippen LogP) is 6.85. The van der Waals surface area contributed by atoms with Gasteiger partial charge in [-0.15, -0.1) is 0 Å². The summed E-state index contributed by atoms with van der Waals surface area (Å²) in [6.45, 7) is 5.81. The maximum atomic E-state index is 10.3. The summed E-state index contributed by atoms with van der Waals surface area (Å²) < 4.78 is 27.5. The zero-order chi connectivity index (χ0) is 23.5.